The van der Waals surface area contributed by atoms with Crippen LogP contribution in [0.5, 0.6) is 11.5 Å². The van der Waals surface area contributed by atoms with Crippen molar-refractivity contribution in [3.63, 3.8) is 0 Å². The monoisotopic (exact) mass is 915 g/mol. The summed E-state index contributed by atoms with van der Waals surface area (Å²) in [5.74, 6) is -0.724. The van der Waals surface area contributed by atoms with Crippen molar-refractivity contribution < 1.29 is 44.3 Å². The average Bonchev–Trinajstić information content (AvgIpc) is 3.70. The van der Waals surface area contributed by atoms with E-state index in [-0.39, 0.29) is 67.5 Å². The molecule has 0 unspecified atom stereocenters. The summed E-state index contributed by atoms with van der Waals surface area (Å²) in [6.07, 6.45) is 5.70. The third-order valence-electron chi connectivity index (χ3n) is 11.6. The lowest BCUT2D eigenvalue weighted by Crippen LogP contribution is -2.63. The molecule has 62 heavy (non-hydrogen) atoms. The Labute approximate surface area is 363 Å². The molecule has 0 saturated carbocycles. The van der Waals surface area contributed by atoms with Crippen molar-refractivity contribution in [1.29, 1.82) is 0 Å². The number of pyridine rings is 1. The number of benzene rings is 3. The second kappa shape index (κ2) is 17.3. The number of ether oxygens (including phenoxy) is 2. The summed E-state index contributed by atoms with van der Waals surface area (Å²) < 4.78 is 110. The molecule has 0 atom stereocenters. The van der Waals surface area contributed by atoms with E-state index in [0.717, 1.165) is 37.0 Å². The van der Waals surface area contributed by atoms with Crippen molar-refractivity contribution in [2.75, 3.05) is 58.3 Å². The number of halogens is 4. The quantitative estimate of drug-likeness (QED) is 0.0729. The van der Waals surface area contributed by atoms with E-state index in [1.165, 1.54) is 42.7 Å². The SMILES string of the molecule is COCCNc1ccc(S(=O)(=O)[N+]2(c3ccc(C(N)=O)c(Oc4cnc5[nH]ccc5c4)c3)CCN(CC3=C(c4ccc(Cl)cc4)CC(C)(C)CC3)CC2)cc1S(=O)(=O)C(F)(F)F. The van der Waals surface area contributed by atoms with Crippen LogP contribution in [0.15, 0.2) is 101 Å². The zero-order valence-corrected chi connectivity index (χ0v) is 36.6. The van der Waals surface area contributed by atoms with Gasteiger partial charge in [0.25, 0.3) is 15.7 Å². The Balaban J connectivity index is 1.33. The number of nitrogens with zero attached hydrogens (tertiary/aromatic N) is 3. The van der Waals surface area contributed by atoms with E-state index in [1.54, 1.807) is 18.3 Å². The number of alkyl halides is 3. The number of sulfonamides is 1. The van der Waals surface area contributed by atoms with Crippen molar-refractivity contribution in [3.05, 3.63) is 107 Å². The smallest absolute Gasteiger partial charge is 0.455 e. The van der Waals surface area contributed by atoms with Crippen molar-refractivity contribution in [2.45, 2.75) is 48.4 Å². The number of quaternary nitrogens is 1. The number of amides is 1. The van der Waals surface area contributed by atoms with Gasteiger partial charge in [-0.05, 0) is 84.3 Å². The summed E-state index contributed by atoms with van der Waals surface area (Å²) >= 11 is 6.23. The molecule has 0 radical (unpaired) electrons. The fraction of sp³-hybridized carbons (Fsp3) is 0.349. The van der Waals surface area contributed by atoms with Gasteiger partial charge in [-0.2, -0.15) is 25.5 Å². The molecule has 1 amide bonds. The molecule has 3 aromatic carbocycles. The Morgan fingerprint density at radius 2 is 1.74 bits per heavy atom. The minimum Gasteiger partial charge on any atom is -0.455 e. The summed E-state index contributed by atoms with van der Waals surface area (Å²) in [4.78, 5) is 20.3. The molecule has 7 rings (SSSR count). The summed E-state index contributed by atoms with van der Waals surface area (Å²) in [6.45, 7) is 5.15. The molecule has 2 aromatic heterocycles. The summed E-state index contributed by atoms with van der Waals surface area (Å²) in [5, 5.41) is 3.94. The predicted octanol–water partition coefficient (Wildman–Crippen LogP) is 8.14. The third kappa shape index (κ3) is 8.94. The number of primary amides is 1. The maximum atomic E-state index is 15.3. The number of sulfone groups is 1. The lowest BCUT2D eigenvalue weighted by molar-refractivity contribution is -0.0435. The van der Waals surface area contributed by atoms with Crippen molar-refractivity contribution >= 4 is 65.3 Å². The molecule has 1 aliphatic heterocycles. The van der Waals surface area contributed by atoms with Crippen molar-refractivity contribution in [1.82, 2.24) is 18.8 Å². The number of rotatable bonds is 14. The minimum atomic E-state index is -6.05. The van der Waals surface area contributed by atoms with Gasteiger partial charge >= 0.3 is 15.5 Å². The molecule has 1 aliphatic carbocycles. The van der Waals surface area contributed by atoms with Gasteiger partial charge in [0.2, 0.25) is 0 Å². The van der Waals surface area contributed by atoms with Gasteiger partial charge in [-0.15, -0.1) is 0 Å². The minimum absolute atomic E-state index is 0.0265. The number of aromatic amines is 1. The fourth-order valence-electron chi connectivity index (χ4n) is 8.16. The summed E-state index contributed by atoms with van der Waals surface area (Å²) in [7, 11) is -9.49. The Hall–Kier alpha value is -4.98. The van der Waals surface area contributed by atoms with Crippen LogP contribution in [0.3, 0.4) is 0 Å². The molecular formula is C43H47ClF3N6O7S2+. The molecule has 1 saturated heterocycles. The van der Waals surface area contributed by atoms with Crippen LogP contribution in [0.2, 0.25) is 5.02 Å². The Morgan fingerprint density at radius 1 is 1.02 bits per heavy atom. The zero-order valence-electron chi connectivity index (χ0n) is 34.3. The zero-order chi connectivity index (χ0) is 44.7. The number of hydrogen-bond acceptors (Lipinski definition) is 10. The van der Waals surface area contributed by atoms with Gasteiger partial charge in [0.05, 0.1) is 24.1 Å². The van der Waals surface area contributed by atoms with Gasteiger partial charge in [0.1, 0.15) is 40.0 Å². The van der Waals surface area contributed by atoms with Gasteiger partial charge in [-0.1, -0.05) is 43.2 Å². The number of piperazine rings is 1. The highest BCUT2D eigenvalue weighted by atomic mass is 35.5. The van der Waals surface area contributed by atoms with E-state index < -0.39 is 50.6 Å². The largest absolute Gasteiger partial charge is 0.501 e. The number of methoxy groups -OCH3 is 1. The Morgan fingerprint density at radius 3 is 2.42 bits per heavy atom. The van der Waals surface area contributed by atoms with Crippen molar-refractivity contribution in [3.8, 4) is 11.5 Å². The number of hydrogen-bond donors (Lipinski definition) is 3. The van der Waals surface area contributed by atoms with Gasteiger partial charge in [-0.3, -0.25) is 9.69 Å². The lowest BCUT2D eigenvalue weighted by atomic mass is 9.72. The van der Waals surface area contributed by atoms with Crippen LogP contribution in [0.1, 0.15) is 49.0 Å². The number of fused-ring (bicyclic) bond motifs is 1. The first kappa shape index (κ1) is 45.1. The number of carbonyl (C=O) groups excluding carboxylic acids is 1. The predicted molar refractivity (Wildman–Crippen MR) is 232 cm³/mol. The van der Waals surface area contributed by atoms with E-state index >= 15 is 8.42 Å². The molecule has 330 valence electrons. The number of nitrogens with one attached hydrogen (secondary N) is 2. The highest BCUT2D eigenvalue weighted by molar-refractivity contribution is 7.92. The number of carbonyl (C=O) groups is 1. The number of anilines is 1. The number of aromatic nitrogens is 2. The Kier molecular flexibility index (Phi) is 12.6. The molecule has 3 heterocycles. The van der Waals surface area contributed by atoms with E-state index in [4.69, 9.17) is 26.8 Å². The fourth-order valence-corrected chi connectivity index (χ4v) is 11.3. The molecule has 13 nitrogen and oxygen atoms in total. The maximum Gasteiger partial charge on any atom is 0.501 e. The van der Waals surface area contributed by atoms with Crippen LogP contribution in [0.25, 0.3) is 16.6 Å². The molecular weight excluding hydrogens is 869 g/mol. The van der Waals surface area contributed by atoms with Crippen LogP contribution in [0, 0.1) is 5.41 Å². The first-order chi connectivity index (χ1) is 29.2. The molecule has 0 bridgehead atoms. The van der Waals surface area contributed by atoms with Crippen LogP contribution in [-0.2, 0) is 24.6 Å². The second-order valence-electron chi connectivity index (χ2n) is 16.3. The van der Waals surface area contributed by atoms with E-state index in [9.17, 15) is 26.4 Å². The van der Waals surface area contributed by atoms with Crippen LogP contribution < -0.4 is 19.7 Å². The third-order valence-corrected chi connectivity index (χ3v) is 15.7. The number of nitrogens with two attached hydrogens (primary N) is 1. The van der Waals surface area contributed by atoms with Gasteiger partial charge in [0, 0.05) is 62.0 Å². The first-order valence-corrected chi connectivity index (χ1v) is 23.1. The topological polar surface area (TPSA) is 174 Å². The molecule has 5 aromatic rings. The standard InChI is InChI=1S/C43H46ClF3N6O7S2/c1-42(2)14-12-30(36(25-42)28-4-6-31(44)7-5-28)27-52-17-19-53(20-18-52,32-8-10-35(40(48)54)38(23-32)60-33-22-29-13-15-50-41(29)51-26-33)62(57,58)34-9-11-37(49-16-21-59-3)39(24-34)61(55,56)43(45,46)47/h4-11,13,15,22-24,26,49H,12,14,16-21,25,27H2,1-3H3,(H2-,48,50,51,54)/p+1. The van der Waals surface area contributed by atoms with Gasteiger partial charge in [0.15, 0.2) is 5.69 Å². The lowest BCUT2D eigenvalue weighted by Gasteiger charge is -2.43. The summed E-state index contributed by atoms with van der Waals surface area (Å²) in [6, 6.07) is 17.9. The first-order valence-electron chi connectivity index (χ1n) is 19.8. The second-order valence-corrected chi connectivity index (χ2v) is 20.7. The van der Waals surface area contributed by atoms with E-state index in [2.05, 4.69) is 34.0 Å². The number of H-pyrrole nitrogens is 1. The average molecular weight is 916 g/mol. The van der Waals surface area contributed by atoms with Crippen LogP contribution in [0.4, 0.5) is 24.5 Å². The molecule has 4 N–H and O–H groups in total. The molecule has 0 spiro atoms. The maximum absolute atomic E-state index is 15.3. The van der Waals surface area contributed by atoms with Crippen LogP contribution in [-0.4, -0.2) is 96.1 Å². The Bertz CT molecular complexity index is 2750. The van der Waals surface area contributed by atoms with Crippen molar-refractivity contribution in [2.24, 2.45) is 11.1 Å². The van der Waals surface area contributed by atoms with Crippen LogP contribution >= 0.6 is 11.6 Å². The highest BCUT2D eigenvalue weighted by Gasteiger charge is 2.51. The summed E-state index contributed by atoms with van der Waals surface area (Å²) in [5.41, 5.74) is 3.73. The van der Waals surface area contributed by atoms with Gasteiger partial charge in [-0.25, -0.2) is 13.4 Å². The van der Waals surface area contributed by atoms with E-state index in [1.807, 2.05) is 24.3 Å². The highest BCUT2D eigenvalue weighted by Crippen LogP contribution is 2.45. The van der Waals surface area contributed by atoms with E-state index in [0.29, 0.717) is 28.7 Å². The number of allylic oxidation sites excluding steroid dienone is 1. The molecule has 1 fully saturated rings. The molecule has 2 aliphatic rings. The normalized spacial score (nSPS) is 17.3. The van der Waals surface area contributed by atoms with Gasteiger partial charge < -0.3 is 25.5 Å². The molecule has 19 heteroatoms.